The summed E-state index contributed by atoms with van der Waals surface area (Å²) in [6.45, 7) is 1.74. The van der Waals surface area contributed by atoms with E-state index in [4.69, 9.17) is 22.4 Å². The number of nitrogens with two attached hydrogens (primary N) is 1. The predicted octanol–water partition coefficient (Wildman–Crippen LogP) is 0.489. The van der Waals surface area contributed by atoms with Crippen LogP contribution >= 0.6 is 11.6 Å². The predicted molar refractivity (Wildman–Crippen MR) is 54.6 cm³/mol. The summed E-state index contributed by atoms with van der Waals surface area (Å²) in [5.41, 5.74) is 6.16. The monoisotopic (exact) mass is 230 g/mol. The zero-order chi connectivity index (χ0) is 11.6. The molecule has 0 aliphatic rings. The van der Waals surface area contributed by atoms with Crippen LogP contribution in [0.25, 0.3) is 0 Å². The number of carboxylic acid groups (broad SMARTS) is 1. The van der Waals surface area contributed by atoms with Crippen LogP contribution in [0.4, 0.5) is 0 Å². The fourth-order valence-electron chi connectivity index (χ4n) is 1.08. The van der Waals surface area contributed by atoms with Gasteiger partial charge in [-0.3, -0.25) is 4.79 Å². The van der Waals surface area contributed by atoms with Gasteiger partial charge in [0.05, 0.1) is 0 Å². The number of pyridine rings is 1. The molecule has 1 aromatic heterocycles. The third-order valence-electron chi connectivity index (χ3n) is 1.96. The summed E-state index contributed by atoms with van der Waals surface area (Å²) in [6, 6.07) is 1.73. The molecule has 1 rings (SSSR count). The van der Waals surface area contributed by atoms with Crippen molar-refractivity contribution in [2.75, 3.05) is 0 Å². The van der Waals surface area contributed by atoms with Crippen LogP contribution in [-0.4, -0.2) is 27.2 Å². The molecule has 0 aliphatic carbocycles. The van der Waals surface area contributed by atoms with Crippen LogP contribution in [0, 0.1) is 6.92 Å². The Kier molecular flexibility index (Phi) is 3.62. The number of aromatic nitrogens is 1. The number of aryl methyl sites for hydroxylation is 1. The zero-order valence-electron chi connectivity index (χ0n) is 8.01. The lowest BCUT2D eigenvalue weighted by Gasteiger charge is -2.16. The molecule has 0 radical (unpaired) electrons. The first-order valence-electron chi connectivity index (χ1n) is 4.23. The van der Waals surface area contributed by atoms with E-state index in [1.165, 1.54) is 6.07 Å². The van der Waals surface area contributed by atoms with E-state index in [0.717, 1.165) is 0 Å². The second kappa shape index (κ2) is 4.57. The van der Waals surface area contributed by atoms with Crippen LogP contribution in [0.5, 0.6) is 0 Å². The number of nitrogens with zero attached hydrogens (tertiary/aromatic N) is 1. The number of aliphatic hydroxyl groups excluding tert-OH is 1. The van der Waals surface area contributed by atoms with Crippen LogP contribution in [0.1, 0.15) is 17.4 Å². The molecule has 0 bridgehead atoms. The van der Waals surface area contributed by atoms with Gasteiger partial charge in [-0.25, -0.2) is 4.98 Å². The maximum Gasteiger partial charge on any atom is 0.323 e. The number of hydrogen-bond acceptors (Lipinski definition) is 4. The van der Waals surface area contributed by atoms with Gasteiger partial charge in [-0.15, -0.1) is 0 Å². The minimum Gasteiger partial charge on any atom is -0.480 e. The number of carboxylic acids is 1. The fraction of sp³-hybridized carbons (Fsp3) is 0.333. The molecular formula is C9H11ClN2O3. The number of rotatable bonds is 3. The van der Waals surface area contributed by atoms with Gasteiger partial charge < -0.3 is 15.9 Å². The standard InChI is InChI=1S/C9H11ClN2O3/c1-4-2-3-5(8(10)12-4)7(13)6(11)9(14)15/h2-3,6-7,13H,11H2,1H3,(H,14,15). The maximum atomic E-state index is 10.5. The zero-order valence-corrected chi connectivity index (χ0v) is 8.77. The molecule has 0 fully saturated rings. The van der Waals surface area contributed by atoms with Gasteiger partial charge in [-0.1, -0.05) is 17.7 Å². The molecule has 1 heterocycles. The lowest BCUT2D eigenvalue weighted by atomic mass is 10.0. The highest BCUT2D eigenvalue weighted by atomic mass is 35.5. The molecule has 5 nitrogen and oxygen atoms in total. The Bertz CT molecular complexity index is 384. The highest BCUT2D eigenvalue weighted by Gasteiger charge is 2.25. The van der Waals surface area contributed by atoms with Crippen LogP contribution in [0.2, 0.25) is 5.15 Å². The van der Waals surface area contributed by atoms with E-state index < -0.39 is 18.1 Å². The SMILES string of the molecule is Cc1ccc(C(O)C(N)C(=O)O)c(Cl)n1. The first-order valence-corrected chi connectivity index (χ1v) is 4.60. The van der Waals surface area contributed by atoms with Gasteiger partial charge >= 0.3 is 5.97 Å². The van der Waals surface area contributed by atoms with Crippen LogP contribution in [0.15, 0.2) is 12.1 Å². The summed E-state index contributed by atoms with van der Waals surface area (Å²) < 4.78 is 0. The third kappa shape index (κ3) is 2.65. The van der Waals surface area contributed by atoms with Gasteiger partial charge in [0.25, 0.3) is 0 Å². The number of hydrogen-bond donors (Lipinski definition) is 3. The number of aliphatic carboxylic acids is 1. The largest absolute Gasteiger partial charge is 0.480 e. The van der Waals surface area contributed by atoms with Crippen molar-refractivity contribution in [3.05, 3.63) is 28.5 Å². The molecule has 15 heavy (non-hydrogen) atoms. The van der Waals surface area contributed by atoms with Crippen LogP contribution in [-0.2, 0) is 4.79 Å². The molecule has 2 atom stereocenters. The molecule has 0 saturated carbocycles. The van der Waals surface area contributed by atoms with Crippen LogP contribution in [0.3, 0.4) is 0 Å². The molecule has 0 spiro atoms. The number of aliphatic hydroxyl groups is 1. The first kappa shape index (κ1) is 11.9. The van der Waals surface area contributed by atoms with Crippen molar-refractivity contribution in [3.63, 3.8) is 0 Å². The fourth-order valence-corrected chi connectivity index (χ4v) is 1.39. The smallest absolute Gasteiger partial charge is 0.323 e. The highest BCUT2D eigenvalue weighted by Crippen LogP contribution is 2.23. The molecule has 0 aromatic carbocycles. The van der Waals surface area contributed by atoms with Crippen LogP contribution < -0.4 is 5.73 Å². The summed E-state index contributed by atoms with van der Waals surface area (Å²) in [4.78, 5) is 14.4. The molecule has 2 unspecified atom stereocenters. The highest BCUT2D eigenvalue weighted by molar-refractivity contribution is 6.30. The van der Waals surface area contributed by atoms with Gasteiger partial charge in [0.15, 0.2) is 0 Å². The summed E-state index contributed by atoms with van der Waals surface area (Å²) in [7, 11) is 0. The maximum absolute atomic E-state index is 10.5. The number of carbonyl (C=O) groups is 1. The molecule has 82 valence electrons. The van der Waals surface area contributed by atoms with E-state index >= 15 is 0 Å². The normalized spacial score (nSPS) is 14.7. The van der Waals surface area contributed by atoms with Gasteiger partial charge in [0, 0.05) is 11.3 Å². The minimum atomic E-state index is -1.41. The van der Waals surface area contributed by atoms with Gasteiger partial charge in [-0.05, 0) is 13.0 Å². The second-order valence-electron chi connectivity index (χ2n) is 3.14. The quantitative estimate of drug-likeness (QED) is 0.657. The van der Waals surface area contributed by atoms with Crippen molar-refractivity contribution in [1.29, 1.82) is 0 Å². The Morgan fingerprint density at radius 3 is 2.67 bits per heavy atom. The van der Waals surface area contributed by atoms with Crippen molar-refractivity contribution in [3.8, 4) is 0 Å². The Labute approximate surface area is 91.5 Å². The van der Waals surface area contributed by atoms with E-state index in [-0.39, 0.29) is 10.7 Å². The number of halogens is 1. The van der Waals surface area contributed by atoms with E-state index in [2.05, 4.69) is 4.98 Å². The minimum absolute atomic E-state index is 0.0687. The average molecular weight is 231 g/mol. The summed E-state index contributed by atoms with van der Waals surface area (Å²) >= 11 is 5.75. The van der Waals surface area contributed by atoms with Crippen molar-refractivity contribution in [2.45, 2.75) is 19.1 Å². The van der Waals surface area contributed by atoms with Crippen molar-refractivity contribution in [2.24, 2.45) is 5.73 Å². The Hall–Kier alpha value is -1.17. The third-order valence-corrected chi connectivity index (χ3v) is 2.26. The van der Waals surface area contributed by atoms with E-state index in [1.54, 1.807) is 13.0 Å². The Balaban J connectivity index is 3.01. The van der Waals surface area contributed by atoms with E-state index in [9.17, 15) is 9.90 Å². The molecule has 0 amide bonds. The van der Waals surface area contributed by atoms with Gasteiger partial charge in [0.2, 0.25) is 0 Å². The summed E-state index contributed by atoms with van der Waals surface area (Å²) in [6.07, 6.45) is -1.36. The Morgan fingerprint density at radius 2 is 2.20 bits per heavy atom. The second-order valence-corrected chi connectivity index (χ2v) is 3.50. The average Bonchev–Trinajstić information content (AvgIpc) is 2.15. The lowest BCUT2D eigenvalue weighted by molar-refractivity contribution is -0.141. The summed E-state index contributed by atoms with van der Waals surface area (Å²) in [5.74, 6) is -1.29. The summed E-state index contributed by atoms with van der Waals surface area (Å²) in [5, 5.41) is 18.3. The van der Waals surface area contributed by atoms with Crippen molar-refractivity contribution < 1.29 is 15.0 Å². The molecule has 4 N–H and O–H groups in total. The van der Waals surface area contributed by atoms with Crippen molar-refractivity contribution >= 4 is 17.6 Å². The Morgan fingerprint density at radius 1 is 1.60 bits per heavy atom. The van der Waals surface area contributed by atoms with E-state index in [0.29, 0.717) is 5.69 Å². The molecule has 1 aromatic rings. The molecular weight excluding hydrogens is 220 g/mol. The lowest BCUT2D eigenvalue weighted by Crippen LogP contribution is -2.36. The first-order chi connectivity index (χ1) is 6.93. The van der Waals surface area contributed by atoms with E-state index in [1.807, 2.05) is 0 Å². The molecule has 0 saturated heterocycles. The molecule has 6 heteroatoms. The van der Waals surface area contributed by atoms with Gasteiger partial charge in [-0.2, -0.15) is 0 Å². The van der Waals surface area contributed by atoms with Gasteiger partial charge in [0.1, 0.15) is 17.3 Å². The topological polar surface area (TPSA) is 96.4 Å². The molecule has 0 aliphatic heterocycles. The van der Waals surface area contributed by atoms with Crippen molar-refractivity contribution in [1.82, 2.24) is 4.98 Å².